The molecule has 1 aromatic rings. The Morgan fingerprint density at radius 1 is 1.32 bits per heavy atom. The van der Waals surface area contributed by atoms with Gasteiger partial charge in [0.05, 0.1) is 17.3 Å². The second kappa shape index (κ2) is 5.71. The number of carbonyl (C=O) groups excluding carboxylic acids is 1. The summed E-state index contributed by atoms with van der Waals surface area (Å²) in [6.07, 6.45) is -0.261. The van der Waals surface area contributed by atoms with Crippen molar-refractivity contribution in [3.63, 3.8) is 0 Å². The van der Waals surface area contributed by atoms with Crippen LogP contribution in [-0.4, -0.2) is 24.2 Å². The van der Waals surface area contributed by atoms with Crippen molar-refractivity contribution in [2.45, 2.75) is 45.3 Å². The lowest BCUT2D eigenvalue weighted by atomic mass is 9.78. The second-order valence-corrected chi connectivity index (χ2v) is 6.21. The number of hydrogen-bond acceptors (Lipinski definition) is 4. The van der Waals surface area contributed by atoms with Crippen LogP contribution in [0.2, 0.25) is 0 Å². The van der Waals surface area contributed by atoms with Crippen LogP contribution >= 0.6 is 0 Å². The predicted molar refractivity (Wildman–Crippen MR) is 81.0 cm³/mol. The summed E-state index contributed by atoms with van der Waals surface area (Å²) in [6.45, 7) is 7.51. The fraction of sp³-hybridized carbons (Fsp3) is 0.467. The van der Waals surface area contributed by atoms with Crippen LogP contribution in [0.1, 0.15) is 34.1 Å². The number of halogens is 1. The molecule has 1 heterocycles. The van der Waals surface area contributed by atoms with Crippen molar-refractivity contribution in [2.24, 2.45) is 0 Å². The van der Waals surface area contributed by atoms with E-state index in [1.165, 1.54) is 18.2 Å². The molecule has 5 nitrogen and oxygen atoms in total. The van der Waals surface area contributed by atoms with Crippen molar-refractivity contribution in [3.8, 4) is 6.07 Å². The summed E-state index contributed by atoms with van der Waals surface area (Å²) in [4.78, 5) is 11.4. The van der Waals surface area contributed by atoms with Gasteiger partial charge < -0.3 is 14.6 Å². The van der Waals surface area contributed by atoms with Crippen LogP contribution in [0.3, 0.4) is 0 Å². The molecule has 1 aliphatic heterocycles. The Bertz CT molecular complexity index is 624. The van der Waals surface area contributed by atoms with E-state index < -0.39 is 30.0 Å². The lowest BCUT2D eigenvalue weighted by molar-refractivity contribution is -0.115. The molecule has 2 rings (SSSR count). The molecule has 116 valence electrons. The van der Waals surface area contributed by atoms with Crippen LogP contribution < -0.4 is 10.8 Å². The number of nitriles is 1. The predicted octanol–water partition coefficient (Wildman–Crippen LogP) is 1.98. The highest BCUT2D eigenvalue weighted by atomic mass is 19.1. The van der Waals surface area contributed by atoms with E-state index in [4.69, 9.17) is 14.6 Å². The SMILES string of the molecule is CC1(C)OB(c2cc(NC(=O)CC#N)ccc2F)OC1(C)C. The molecular weight excluding hydrogens is 286 g/mol. The Balaban J connectivity index is 2.25. The van der Waals surface area contributed by atoms with Gasteiger partial charge in [-0.2, -0.15) is 5.26 Å². The van der Waals surface area contributed by atoms with E-state index in [0.717, 1.165) is 0 Å². The fourth-order valence-corrected chi connectivity index (χ4v) is 2.05. The molecule has 0 atom stereocenters. The Morgan fingerprint density at radius 3 is 2.45 bits per heavy atom. The molecule has 1 aliphatic rings. The maximum atomic E-state index is 14.1. The zero-order chi connectivity index (χ0) is 16.5. The highest BCUT2D eigenvalue weighted by Crippen LogP contribution is 2.36. The van der Waals surface area contributed by atoms with E-state index in [1.54, 1.807) is 6.07 Å². The first-order valence-electron chi connectivity index (χ1n) is 6.98. The quantitative estimate of drug-likeness (QED) is 0.867. The first-order chi connectivity index (χ1) is 10.2. The number of nitrogens with one attached hydrogen (secondary N) is 1. The van der Waals surface area contributed by atoms with Crippen LogP contribution in [-0.2, 0) is 14.1 Å². The number of anilines is 1. The topological polar surface area (TPSA) is 71.3 Å². The molecule has 1 fully saturated rings. The van der Waals surface area contributed by atoms with Gasteiger partial charge >= 0.3 is 7.12 Å². The van der Waals surface area contributed by atoms with E-state index in [9.17, 15) is 9.18 Å². The van der Waals surface area contributed by atoms with E-state index in [-0.39, 0.29) is 11.9 Å². The molecule has 0 radical (unpaired) electrons. The molecule has 0 saturated carbocycles. The zero-order valence-corrected chi connectivity index (χ0v) is 13.1. The Kier molecular flexibility index (Phi) is 4.27. The Morgan fingerprint density at radius 2 is 1.91 bits per heavy atom. The summed E-state index contributed by atoms with van der Waals surface area (Å²) in [6, 6.07) is 5.89. The smallest absolute Gasteiger partial charge is 0.399 e. The minimum absolute atomic E-state index is 0.216. The van der Waals surface area contributed by atoms with Gasteiger partial charge in [0, 0.05) is 11.2 Å². The summed E-state index contributed by atoms with van der Waals surface area (Å²) < 4.78 is 25.7. The molecule has 1 N–H and O–H groups in total. The standard InChI is InChI=1S/C15H18BFN2O3/c1-14(2)15(3,4)22-16(21-14)11-9-10(5-6-12(11)17)19-13(20)7-8-18/h5-6,9H,7H2,1-4H3,(H,19,20). The molecular formula is C15H18BFN2O3. The monoisotopic (exact) mass is 304 g/mol. The minimum Gasteiger partial charge on any atom is -0.399 e. The second-order valence-electron chi connectivity index (χ2n) is 6.21. The van der Waals surface area contributed by atoms with Gasteiger partial charge in [0.25, 0.3) is 0 Å². The molecule has 0 aromatic heterocycles. The maximum Gasteiger partial charge on any atom is 0.497 e. The molecule has 1 aromatic carbocycles. The van der Waals surface area contributed by atoms with Crippen molar-refractivity contribution >= 4 is 24.2 Å². The first-order valence-corrected chi connectivity index (χ1v) is 6.98. The van der Waals surface area contributed by atoms with Gasteiger partial charge in [-0.3, -0.25) is 4.79 Å². The molecule has 7 heteroatoms. The third kappa shape index (κ3) is 3.13. The summed E-state index contributed by atoms with van der Waals surface area (Å²) in [5, 5.41) is 11.0. The van der Waals surface area contributed by atoms with Crippen molar-refractivity contribution < 1.29 is 18.5 Å². The molecule has 1 amide bonds. The van der Waals surface area contributed by atoms with Gasteiger partial charge in [-0.25, -0.2) is 4.39 Å². The van der Waals surface area contributed by atoms with Crippen molar-refractivity contribution in [1.29, 1.82) is 5.26 Å². The van der Waals surface area contributed by atoms with Crippen LogP contribution in [0.5, 0.6) is 0 Å². The third-order valence-electron chi connectivity index (χ3n) is 4.03. The van der Waals surface area contributed by atoms with E-state index >= 15 is 0 Å². The lowest BCUT2D eigenvalue weighted by Gasteiger charge is -2.32. The van der Waals surface area contributed by atoms with Gasteiger partial charge in [-0.15, -0.1) is 0 Å². The number of nitrogens with zero attached hydrogens (tertiary/aromatic N) is 1. The maximum absolute atomic E-state index is 14.1. The summed E-state index contributed by atoms with van der Waals surface area (Å²) in [5.74, 6) is -0.925. The van der Waals surface area contributed by atoms with Crippen LogP contribution in [0.4, 0.5) is 10.1 Å². The number of rotatable bonds is 3. The van der Waals surface area contributed by atoms with Gasteiger partial charge in [-0.05, 0) is 45.9 Å². The molecule has 1 saturated heterocycles. The summed E-state index contributed by atoms with van der Waals surface area (Å²) in [7, 11) is -0.849. The molecule has 0 unspecified atom stereocenters. The van der Waals surface area contributed by atoms with Crippen LogP contribution in [0.25, 0.3) is 0 Å². The minimum atomic E-state index is -0.849. The average molecular weight is 304 g/mol. The number of carbonyl (C=O) groups is 1. The van der Waals surface area contributed by atoms with Gasteiger partial charge in [-0.1, -0.05) is 0 Å². The zero-order valence-electron chi connectivity index (χ0n) is 13.1. The van der Waals surface area contributed by atoms with Crippen LogP contribution in [0.15, 0.2) is 18.2 Å². The summed E-state index contributed by atoms with van der Waals surface area (Å²) in [5.41, 5.74) is -0.547. The van der Waals surface area contributed by atoms with E-state index in [1.807, 2.05) is 27.7 Å². The Hall–Kier alpha value is -1.91. The fourth-order valence-electron chi connectivity index (χ4n) is 2.05. The molecule has 0 spiro atoms. The highest BCUT2D eigenvalue weighted by Gasteiger charge is 2.52. The average Bonchev–Trinajstić information content (AvgIpc) is 2.61. The van der Waals surface area contributed by atoms with Gasteiger partial charge in [0.1, 0.15) is 12.2 Å². The van der Waals surface area contributed by atoms with Crippen molar-refractivity contribution in [1.82, 2.24) is 0 Å². The summed E-state index contributed by atoms with van der Waals surface area (Å²) >= 11 is 0. The largest absolute Gasteiger partial charge is 0.497 e. The molecule has 22 heavy (non-hydrogen) atoms. The number of benzene rings is 1. The normalized spacial score (nSPS) is 18.8. The van der Waals surface area contributed by atoms with Crippen molar-refractivity contribution in [2.75, 3.05) is 5.32 Å². The molecule has 0 aliphatic carbocycles. The molecule has 0 bridgehead atoms. The highest BCUT2D eigenvalue weighted by molar-refractivity contribution is 6.62. The number of amides is 1. The van der Waals surface area contributed by atoms with Gasteiger partial charge in [0.15, 0.2) is 0 Å². The first kappa shape index (κ1) is 16.5. The number of hydrogen-bond donors (Lipinski definition) is 1. The Labute approximate surface area is 129 Å². The van der Waals surface area contributed by atoms with E-state index in [2.05, 4.69) is 5.32 Å². The third-order valence-corrected chi connectivity index (χ3v) is 4.03. The van der Waals surface area contributed by atoms with E-state index in [0.29, 0.717) is 5.69 Å². The van der Waals surface area contributed by atoms with Crippen molar-refractivity contribution in [3.05, 3.63) is 24.0 Å². The van der Waals surface area contributed by atoms with Gasteiger partial charge in [0.2, 0.25) is 5.91 Å². The van der Waals surface area contributed by atoms with Crippen LogP contribution in [0, 0.1) is 17.1 Å². The lowest BCUT2D eigenvalue weighted by Crippen LogP contribution is -2.41.